The number of carbonyl (C=O) groups excluding carboxylic acids is 1. The summed E-state index contributed by atoms with van der Waals surface area (Å²) >= 11 is 1.31. The molecule has 2 aromatic rings. The van der Waals surface area contributed by atoms with Crippen LogP contribution >= 0.6 is 11.8 Å². The standard InChI is InChI=1S/C14H19N5OS/c1-10(21-14-17-16-11(2)19(14)15)13(20)18(3)9-12-7-5-4-6-8-12/h4-8,10H,9,15H2,1-3H3/t10-/m1/s1. The van der Waals surface area contributed by atoms with Crippen molar-refractivity contribution < 1.29 is 4.79 Å². The highest BCUT2D eigenvalue weighted by Gasteiger charge is 2.21. The van der Waals surface area contributed by atoms with Crippen LogP contribution < -0.4 is 5.84 Å². The molecule has 1 amide bonds. The van der Waals surface area contributed by atoms with Crippen LogP contribution in [0.4, 0.5) is 0 Å². The number of hydrogen-bond donors (Lipinski definition) is 1. The fourth-order valence-corrected chi connectivity index (χ4v) is 2.81. The van der Waals surface area contributed by atoms with Crippen molar-refractivity contribution in [2.24, 2.45) is 0 Å². The lowest BCUT2D eigenvalue weighted by Crippen LogP contribution is -2.33. The Morgan fingerprint density at radius 3 is 2.62 bits per heavy atom. The molecule has 0 spiro atoms. The molecule has 0 bridgehead atoms. The van der Waals surface area contributed by atoms with Gasteiger partial charge in [0.05, 0.1) is 5.25 Å². The fraction of sp³-hybridized carbons (Fsp3) is 0.357. The molecule has 0 aliphatic heterocycles. The Labute approximate surface area is 128 Å². The second-order valence-corrected chi connectivity index (χ2v) is 6.15. The lowest BCUT2D eigenvalue weighted by atomic mass is 10.2. The van der Waals surface area contributed by atoms with Crippen molar-refractivity contribution >= 4 is 17.7 Å². The van der Waals surface area contributed by atoms with E-state index in [1.165, 1.54) is 16.4 Å². The van der Waals surface area contributed by atoms with Crippen molar-refractivity contribution in [3.05, 3.63) is 41.7 Å². The van der Waals surface area contributed by atoms with Crippen LogP contribution in [0.15, 0.2) is 35.5 Å². The molecular formula is C14H19N5OS. The number of hydrogen-bond acceptors (Lipinski definition) is 5. The zero-order valence-corrected chi connectivity index (χ0v) is 13.2. The number of carbonyl (C=O) groups is 1. The van der Waals surface area contributed by atoms with E-state index < -0.39 is 0 Å². The highest BCUT2D eigenvalue weighted by molar-refractivity contribution is 8.00. The van der Waals surface area contributed by atoms with Crippen molar-refractivity contribution in [3.8, 4) is 0 Å². The second-order valence-electron chi connectivity index (χ2n) is 4.84. The van der Waals surface area contributed by atoms with Gasteiger partial charge in [0.25, 0.3) is 0 Å². The van der Waals surface area contributed by atoms with Crippen LogP contribution in [0.3, 0.4) is 0 Å². The quantitative estimate of drug-likeness (QED) is 0.668. The topological polar surface area (TPSA) is 77.0 Å². The number of amides is 1. The maximum Gasteiger partial charge on any atom is 0.235 e. The lowest BCUT2D eigenvalue weighted by molar-refractivity contribution is -0.129. The smallest absolute Gasteiger partial charge is 0.235 e. The van der Waals surface area contributed by atoms with Gasteiger partial charge in [-0.3, -0.25) is 4.79 Å². The Balaban J connectivity index is 1.97. The molecule has 2 rings (SSSR count). The van der Waals surface area contributed by atoms with E-state index in [1.807, 2.05) is 37.3 Å². The summed E-state index contributed by atoms with van der Waals surface area (Å²) in [5.41, 5.74) is 1.10. The Morgan fingerprint density at radius 2 is 2.05 bits per heavy atom. The number of nitrogens with two attached hydrogens (primary N) is 1. The van der Waals surface area contributed by atoms with E-state index >= 15 is 0 Å². The fourth-order valence-electron chi connectivity index (χ4n) is 1.88. The molecule has 1 aromatic heterocycles. The van der Waals surface area contributed by atoms with E-state index in [2.05, 4.69) is 10.2 Å². The maximum atomic E-state index is 12.4. The van der Waals surface area contributed by atoms with Crippen LogP contribution in [0.2, 0.25) is 0 Å². The van der Waals surface area contributed by atoms with Crippen LogP contribution in [-0.2, 0) is 11.3 Å². The Morgan fingerprint density at radius 1 is 1.38 bits per heavy atom. The Bertz CT molecular complexity index is 613. The summed E-state index contributed by atoms with van der Waals surface area (Å²) in [7, 11) is 1.80. The molecule has 0 saturated carbocycles. The van der Waals surface area contributed by atoms with E-state index in [-0.39, 0.29) is 11.2 Å². The third kappa shape index (κ3) is 3.75. The molecule has 7 heteroatoms. The van der Waals surface area contributed by atoms with Gasteiger partial charge in [-0.2, -0.15) is 0 Å². The number of benzene rings is 1. The summed E-state index contributed by atoms with van der Waals surface area (Å²) in [6.45, 7) is 4.20. The van der Waals surface area contributed by atoms with Crippen molar-refractivity contribution in [1.82, 2.24) is 19.8 Å². The molecule has 0 aliphatic carbocycles. The van der Waals surface area contributed by atoms with Crippen molar-refractivity contribution in [2.75, 3.05) is 12.9 Å². The monoisotopic (exact) mass is 305 g/mol. The van der Waals surface area contributed by atoms with Gasteiger partial charge < -0.3 is 10.7 Å². The second kappa shape index (κ2) is 6.62. The largest absolute Gasteiger partial charge is 0.340 e. The molecule has 21 heavy (non-hydrogen) atoms. The van der Waals surface area contributed by atoms with Gasteiger partial charge in [-0.05, 0) is 19.4 Å². The van der Waals surface area contributed by atoms with E-state index in [0.717, 1.165) is 5.56 Å². The first kappa shape index (κ1) is 15.4. The molecule has 1 atom stereocenters. The third-order valence-electron chi connectivity index (χ3n) is 3.10. The van der Waals surface area contributed by atoms with Crippen LogP contribution in [0, 0.1) is 6.92 Å². The number of aryl methyl sites for hydroxylation is 1. The van der Waals surface area contributed by atoms with Gasteiger partial charge in [-0.25, -0.2) is 4.68 Å². The highest BCUT2D eigenvalue weighted by Crippen LogP contribution is 2.22. The molecule has 0 radical (unpaired) electrons. The van der Waals surface area contributed by atoms with Gasteiger partial charge in [-0.15, -0.1) is 10.2 Å². The van der Waals surface area contributed by atoms with E-state index in [1.54, 1.807) is 18.9 Å². The first-order chi connectivity index (χ1) is 9.99. The zero-order valence-electron chi connectivity index (χ0n) is 12.4. The van der Waals surface area contributed by atoms with Gasteiger partial charge >= 0.3 is 0 Å². The lowest BCUT2D eigenvalue weighted by Gasteiger charge is -2.20. The van der Waals surface area contributed by atoms with E-state index in [0.29, 0.717) is 17.5 Å². The average molecular weight is 305 g/mol. The van der Waals surface area contributed by atoms with Gasteiger partial charge in [0.15, 0.2) is 0 Å². The molecular weight excluding hydrogens is 286 g/mol. The van der Waals surface area contributed by atoms with Gasteiger partial charge in [0.1, 0.15) is 5.82 Å². The first-order valence-electron chi connectivity index (χ1n) is 6.61. The minimum atomic E-state index is -0.274. The zero-order chi connectivity index (χ0) is 15.4. The molecule has 6 nitrogen and oxygen atoms in total. The van der Waals surface area contributed by atoms with Crippen molar-refractivity contribution in [1.29, 1.82) is 0 Å². The number of nitrogens with zero attached hydrogens (tertiary/aromatic N) is 4. The predicted octanol–water partition coefficient (Wildman–Crippen LogP) is 1.44. The van der Waals surface area contributed by atoms with Gasteiger partial charge in [0.2, 0.25) is 11.1 Å². The van der Waals surface area contributed by atoms with Crippen molar-refractivity contribution in [2.45, 2.75) is 30.8 Å². The summed E-state index contributed by atoms with van der Waals surface area (Å²) in [6, 6.07) is 9.89. The first-order valence-corrected chi connectivity index (χ1v) is 7.49. The average Bonchev–Trinajstić information content (AvgIpc) is 2.79. The van der Waals surface area contributed by atoms with Crippen LogP contribution in [0.5, 0.6) is 0 Å². The number of thioether (sulfide) groups is 1. The van der Waals surface area contributed by atoms with Crippen LogP contribution in [0.25, 0.3) is 0 Å². The SMILES string of the molecule is Cc1nnc(S[C@H](C)C(=O)N(C)Cc2ccccc2)n1N. The minimum absolute atomic E-state index is 0.0320. The maximum absolute atomic E-state index is 12.4. The third-order valence-corrected chi connectivity index (χ3v) is 4.15. The summed E-state index contributed by atoms with van der Waals surface area (Å²) < 4.78 is 1.39. The highest BCUT2D eigenvalue weighted by atomic mass is 32.2. The minimum Gasteiger partial charge on any atom is -0.340 e. The Hall–Kier alpha value is -2.02. The number of nitrogen functional groups attached to an aromatic ring is 1. The Kier molecular flexibility index (Phi) is 4.85. The number of aromatic nitrogens is 3. The van der Waals surface area contributed by atoms with Crippen LogP contribution in [-0.4, -0.2) is 38.0 Å². The summed E-state index contributed by atoms with van der Waals surface area (Å²) in [6.07, 6.45) is 0. The molecule has 0 aliphatic rings. The molecule has 0 unspecified atom stereocenters. The van der Waals surface area contributed by atoms with E-state index in [4.69, 9.17) is 5.84 Å². The summed E-state index contributed by atoms with van der Waals surface area (Å²) in [4.78, 5) is 14.1. The summed E-state index contributed by atoms with van der Waals surface area (Å²) in [5, 5.41) is 8.11. The molecule has 2 N–H and O–H groups in total. The molecule has 0 fully saturated rings. The molecule has 112 valence electrons. The predicted molar refractivity (Wildman–Crippen MR) is 83.1 cm³/mol. The van der Waals surface area contributed by atoms with E-state index in [9.17, 15) is 4.79 Å². The van der Waals surface area contributed by atoms with Gasteiger partial charge in [-0.1, -0.05) is 42.1 Å². The molecule has 1 aromatic carbocycles. The summed E-state index contributed by atoms with van der Waals surface area (Å²) in [5.74, 6) is 6.45. The van der Waals surface area contributed by atoms with Crippen molar-refractivity contribution in [3.63, 3.8) is 0 Å². The number of rotatable bonds is 5. The molecule has 0 saturated heterocycles. The van der Waals surface area contributed by atoms with Gasteiger partial charge in [0, 0.05) is 13.6 Å². The molecule has 1 heterocycles. The van der Waals surface area contributed by atoms with Crippen LogP contribution in [0.1, 0.15) is 18.3 Å². The normalized spacial score (nSPS) is 12.1.